The van der Waals surface area contributed by atoms with E-state index in [9.17, 15) is 4.79 Å². The van der Waals surface area contributed by atoms with Crippen LogP contribution in [0.4, 0.5) is 5.82 Å². The van der Waals surface area contributed by atoms with Crippen LogP contribution >= 0.6 is 11.8 Å². The number of amides is 1. The highest BCUT2D eigenvalue weighted by atomic mass is 32.2. The van der Waals surface area contributed by atoms with Crippen LogP contribution in [0.2, 0.25) is 0 Å². The molecule has 5 N–H and O–H groups in total. The van der Waals surface area contributed by atoms with Gasteiger partial charge in [0.15, 0.2) is 16.7 Å². The lowest BCUT2D eigenvalue weighted by Crippen LogP contribution is -2.12. The predicted octanol–water partition coefficient (Wildman–Crippen LogP) is -0.182. The van der Waals surface area contributed by atoms with Crippen LogP contribution in [0, 0.1) is 0 Å². The summed E-state index contributed by atoms with van der Waals surface area (Å²) in [5.74, 6) is -0.385. The Morgan fingerprint density at radius 1 is 1.69 bits per heavy atom. The van der Waals surface area contributed by atoms with Crippen molar-refractivity contribution >= 4 is 28.7 Å². The molecule has 1 aromatic heterocycles. The number of amidine groups is 1. The second-order valence-corrected chi connectivity index (χ2v) is 2.95. The van der Waals surface area contributed by atoms with Crippen molar-refractivity contribution in [1.29, 1.82) is 0 Å². The first kappa shape index (κ1) is 9.59. The molecule has 0 aliphatic heterocycles. The largest absolute Gasteiger partial charge is 0.378 e. The molecule has 0 saturated heterocycles. The number of H-pyrrole nitrogens is 1. The fourth-order valence-corrected chi connectivity index (χ4v) is 0.881. The molecule has 0 atom stereocenters. The van der Waals surface area contributed by atoms with Crippen LogP contribution in [0.15, 0.2) is 11.3 Å². The van der Waals surface area contributed by atoms with E-state index in [0.717, 1.165) is 0 Å². The Bertz CT molecular complexity index is 345. The van der Waals surface area contributed by atoms with E-state index in [2.05, 4.69) is 15.0 Å². The van der Waals surface area contributed by atoms with Gasteiger partial charge in [0.1, 0.15) is 0 Å². The highest BCUT2D eigenvalue weighted by molar-refractivity contribution is 8.13. The molecular weight excluding hydrogens is 190 g/mol. The zero-order valence-corrected chi connectivity index (χ0v) is 7.76. The van der Waals surface area contributed by atoms with Crippen molar-refractivity contribution in [2.45, 2.75) is 0 Å². The quantitative estimate of drug-likeness (QED) is 0.453. The lowest BCUT2D eigenvalue weighted by atomic mass is 10.4. The van der Waals surface area contributed by atoms with Gasteiger partial charge in [-0.15, -0.1) is 0 Å². The molecule has 0 aliphatic rings. The van der Waals surface area contributed by atoms with Gasteiger partial charge in [-0.25, -0.2) is 9.98 Å². The van der Waals surface area contributed by atoms with E-state index in [4.69, 9.17) is 11.5 Å². The van der Waals surface area contributed by atoms with Gasteiger partial charge in [-0.2, -0.15) is 0 Å². The summed E-state index contributed by atoms with van der Waals surface area (Å²) in [6.45, 7) is 0. The molecule has 0 aliphatic carbocycles. The Balaban J connectivity index is 3.01. The van der Waals surface area contributed by atoms with Gasteiger partial charge < -0.3 is 16.5 Å². The van der Waals surface area contributed by atoms with Crippen LogP contribution in [0.25, 0.3) is 0 Å². The van der Waals surface area contributed by atoms with Crippen LogP contribution < -0.4 is 11.5 Å². The molecular formula is C6H9N5OS. The van der Waals surface area contributed by atoms with Crippen molar-refractivity contribution < 1.29 is 4.79 Å². The molecule has 0 spiro atoms. The molecule has 13 heavy (non-hydrogen) atoms. The first-order valence-electron chi connectivity index (χ1n) is 3.36. The van der Waals surface area contributed by atoms with E-state index < -0.39 is 5.91 Å². The average Bonchev–Trinajstić information content (AvgIpc) is 2.52. The highest BCUT2D eigenvalue weighted by Crippen LogP contribution is 2.13. The standard InChI is InChI=1S/C6H9N5OS/c1-13-6(8)11-5-3(4(7)12)9-2-10-5/h2H,1H3,(H2,7,12)(H2,8,11)(H,9,10). The molecule has 70 valence electrons. The van der Waals surface area contributed by atoms with Crippen LogP contribution in [0.5, 0.6) is 0 Å². The Hall–Kier alpha value is -1.50. The van der Waals surface area contributed by atoms with E-state index in [1.165, 1.54) is 18.1 Å². The summed E-state index contributed by atoms with van der Waals surface area (Å²) in [6.07, 6.45) is 3.11. The zero-order valence-electron chi connectivity index (χ0n) is 6.94. The summed E-state index contributed by atoms with van der Waals surface area (Å²) in [6, 6.07) is 0. The van der Waals surface area contributed by atoms with Gasteiger partial charge in [-0.1, -0.05) is 11.8 Å². The van der Waals surface area contributed by atoms with Gasteiger partial charge in [0.2, 0.25) is 0 Å². The van der Waals surface area contributed by atoms with Gasteiger partial charge >= 0.3 is 0 Å². The predicted molar refractivity (Wildman–Crippen MR) is 51.9 cm³/mol. The molecule has 0 bridgehead atoms. The molecule has 0 radical (unpaired) electrons. The summed E-state index contributed by atoms with van der Waals surface area (Å²) in [5, 5.41) is 0.328. The number of aliphatic imine (C=N–C) groups is 1. The smallest absolute Gasteiger partial charge is 0.269 e. The van der Waals surface area contributed by atoms with E-state index in [1.54, 1.807) is 6.26 Å². The second kappa shape index (κ2) is 3.94. The maximum atomic E-state index is 10.8. The topological polar surface area (TPSA) is 110 Å². The molecule has 0 saturated carbocycles. The number of aromatic amines is 1. The first-order chi connectivity index (χ1) is 6.15. The molecule has 1 rings (SSSR count). The minimum atomic E-state index is -0.606. The number of nitrogens with one attached hydrogen (secondary N) is 1. The Labute approximate surface area is 78.8 Å². The second-order valence-electron chi connectivity index (χ2n) is 2.12. The number of aromatic nitrogens is 2. The number of nitrogens with zero attached hydrogens (tertiary/aromatic N) is 2. The third-order valence-electron chi connectivity index (χ3n) is 1.29. The van der Waals surface area contributed by atoms with Crippen LogP contribution in [0.1, 0.15) is 10.5 Å². The lowest BCUT2D eigenvalue weighted by molar-refractivity contribution is 0.0997. The number of imidazole rings is 1. The molecule has 0 aromatic carbocycles. The highest BCUT2D eigenvalue weighted by Gasteiger charge is 2.09. The molecule has 1 amide bonds. The van der Waals surface area contributed by atoms with Crippen molar-refractivity contribution in [1.82, 2.24) is 9.97 Å². The minimum absolute atomic E-state index is 0.164. The monoisotopic (exact) mass is 199 g/mol. The number of carbonyl (C=O) groups is 1. The molecule has 6 nitrogen and oxygen atoms in total. The Morgan fingerprint density at radius 3 is 2.92 bits per heavy atom. The lowest BCUT2D eigenvalue weighted by Gasteiger charge is -1.94. The maximum Gasteiger partial charge on any atom is 0.269 e. The molecule has 7 heteroatoms. The van der Waals surface area contributed by atoms with Crippen molar-refractivity contribution in [3.8, 4) is 0 Å². The normalized spacial score (nSPS) is 11.6. The van der Waals surface area contributed by atoms with E-state index >= 15 is 0 Å². The van der Waals surface area contributed by atoms with Gasteiger partial charge in [-0.05, 0) is 6.26 Å². The third-order valence-corrected chi connectivity index (χ3v) is 1.80. The fraction of sp³-hybridized carbons (Fsp3) is 0.167. The number of thioether (sulfide) groups is 1. The summed E-state index contributed by atoms with van der Waals surface area (Å²) < 4.78 is 0. The van der Waals surface area contributed by atoms with Gasteiger partial charge in [-0.3, -0.25) is 4.79 Å². The van der Waals surface area contributed by atoms with Crippen molar-refractivity contribution in [2.75, 3.05) is 6.26 Å². The van der Waals surface area contributed by atoms with Gasteiger partial charge in [0.25, 0.3) is 5.91 Å². The molecule has 1 aromatic rings. The summed E-state index contributed by atoms with van der Waals surface area (Å²) in [7, 11) is 0. The first-order valence-corrected chi connectivity index (χ1v) is 4.59. The maximum absolute atomic E-state index is 10.8. The van der Waals surface area contributed by atoms with Crippen molar-refractivity contribution in [3.05, 3.63) is 12.0 Å². The fourth-order valence-electron chi connectivity index (χ4n) is 0.703. The number of hydrogen-bond donors (Lipinski definition) is 3. The Morgan fingerprint density at radius 2 is 2.38 bits per heavy atom. The summed E-state index contributed by atoms with van der Waals surface area (Å²) in [5.41, 5.74) is 10.7. The SMILES string of the molecule is CS/C(N)=N/c1nc[nH]c1C(N)=O. The van der Waals surface area contributed by atoms with Crippen LogP contribution in [-0.2, 0) is 0 Å². The number of nitrogens with two attached hydrogens (primary N) is 2. The van der Waals surface area contributed by atoms with Crippen molar-refractivity contribution in [3.63, 3.8) is 0 Å². The number of rotatable bonds is 2. The third kappa shape index (κ3) is 2.22. The summed E-state index contributed by atoms with van der Waals surface area (Å²) in [4.78, 5) is 21.0. The van der Waals surface area contributed by atoms with Crippen LogP contribution in [-0.4, -0.2) is 27.3 Å². The van der Waals surface area contributed by atoms with E-state index in [0.29, 0.717) is 5.17 Å². The van der Waals surface area contributed by atoms with Crippen molar-refractivity contribution in [2.24, 2.45) is 16.5 Å². The zero-order chi connectivity index (χ0) is 9.84. The average molecular weight is 199 g/mol. The van der Waals surface area contributed by atoms with Gasteiger partial charge in [0, 0.05) is 0 Å². The van der Waals surface area contributed by atoms with Crippen LogP contribution in [0.3, 0.4) is 0 Å². The number of primary amides is 1. The molecule has 1 heterocycles. The Kier molecular flexibility index (Phi) is 2.91. The minimum Gasteiger partial charge on any atom is -0.378 e. The number of carbonyl (C=O) groups excluding carboxylic acids is 1. The molecule has 0 unspecified atom stereocenters. The van der Waals surface area contributed by atoms with E-state index in [-0.39, 0.29) is 11.5 Å². The van der Waals surface area contributed by atoms with Gasteiger partial charge in [0.05, 0.1) is 6.33 Å². The van der Waals surface area contributed by atoms with E-state index in [1.807, 2.05) is 0 Å². The summed E-state index contributed by atoms with van der Waals surface area (Å²) >= 11 is 1.27. The molecule has 0 fully saturated rings. The number of hydrogen-bond acceptors (Lipinski definition) is 4.